The van der Waals surface area contributed by atoms with Gasteiger partial charge in [0.15, 0.2) is 6.61 Å². The summed E-state index contributed by atoms with van der Waals surface area (Å²) >= 11 is 6.75. The van der Waals surface area contributed by atoms with Crippen molar-refractivity contribution in [3.8, 4) is 5.75 Å². The second-order valence-electron chi connectivity index (χ2n) is 4.57. The Bertz CT molecular complexity index is 466. The van der Waals surface area contributed by atoms with Gasteiger partial charge >= 0.3 is 0 Å². The van der Waals surface area contributed by atoms with Gasteiger partial charge in [-0.25, -0.2) is 0 Å². The van der Waals surface area contributed by atoms with Crippen LogP contribution in [0.5, 0.6) is 5.75 Å². The number of nitrogens with zero attached hydrogens (tertiary/aromatic N) is 1. The maximum absolute atomic E-state index is 11.9. The number of ether oxygens (including phenoxy) is 1. The quantitative estimate of drug-likeness (QED) is 0.838. The zero-order chi connectivity index (χ0) is 14.0. The van der Waals surface area contributed by atoms with Crippen molar-refractivity contribution in [3.63, 3.8) is 0 Å². The molecule has 19 heavy (non-hydrogen) atoms. The number of aliphatic hydroxyl groups excluding tert-OH is 1. The van der Waals surface area contributed by atoms with Gasteiger partial charge in [-0.15, -0.1) is 0 Å². The summed E-state index contributed by atoms with van der Waals surface area (Å²) in [5.41, 5.74) is 0.771. The molecule has 0 aliphatic heterocycles. The van der Waals surface area contributed by atoms with E-state index in [1.54, 1.807) is 17.0 Å². The molecule has 1 aromatic rings. The molecular weight excluding hydrogens is 378 g/mol. The molecule has 2 rings (SSSR count). The van der Waals surface area contributed by atoms with Crippen molar-refractivity contribution in [2.75, 3.05) is 13.7 Å². The first-order valence-corrected chi connectivity index (χ1v) is 7.58. The highest BCUT2D eigenvalue weighted by atomic mass is 79.9. The minimum Gasteiger partial charge on any atom is -0.481 e. The fourth-order valence-corrected chi connectivity index (χ4v) is 3.25. The van der Waals surface area contributed by atoms with E-state index in [9.17, 15) is 4.79 Å². The van der Waals surface area contributed by atoms with Crippen molar-refractivity contribution in [2.45, 2.75) is 25.5 Å². The van der Waals surface area contributed by atoms with Crippen LogP contribution in [0.4, 0.5) is 0 Å². The number of aliphatic hydroxyl groups is 1. The first kappa shape index (κ1) is 14.8. The molecule has 0 atom stereocenters. The predicted molar refractivity (Wildman–Crippen MR) is 79.1 cm³/mol. The number of benzene rings is 1. The third kappa shape index (κ3) is 3.70. The maximum Gasteiger partial charge on any atom is 0.260 e. The molecule has 1 N–H and O–H groups in total. The summed E-state index contributed by atoms with van der Waals surface area (Å²) in [6, 6.07) is 3.93. The highest BCUT2D eigenvalue weighted by Gasteiger charge is 2.29. The molecule has 1 aliphatic carbocycles. The minimum atomic E-state index is -0.0408. The van der Waals surface area contributed by atoms with E-state index in [2.05, 4.69) is 31.9 Å². The number of hydrogen-bond donors (Lipinski definition) is 1. The topological polar surface area (TPSA) is 49.8 Å². The van der Waals surface area contributed by atoms with Gasteiger partial charge < -0.3 is 14.7 Å². The Morgan fingerprint density at radius 2 is 2.00 bits per heavy atom. The summed E-state index contributed by atoms with van der Waals surface area (Å²) in [6.45, 7) is -0.0243. The molecule has 1 saturated carbocycles. The van der Waals surface area contributed by atoms with Crippen LogP contribution in [-0.2, 0) is 11.4 Å². The summed E-state index contributed by atoms with van der Waals surface area (Å²) in [5, 5.41) is 9.09. The van der Waals surface area contributed by atoms with Gasteiger partial charge in [0.05, 0.1) is 15.6 Å². The molecule has 104 valence electrons. The minimum absolute atomic E-state index is 0.0165. The molecule has 0 saturated heterocycles. The summed E-state index contributed by atoms with van der Waals surface area (Å²) in [7, 11) is 1.81. The molecule has 1 aliphatic rings. The normalized spacial score (nSPS) is 14.3. The third-order valence-corrected chi connectivity index (χ3v) is 4.25. The SMILES string of the molecule is CN(C(=O)COc1c(Br)cc(CO)cc1Br)C1CC1. The molecule has 0 radical (unpaired) electrons. The van der Waals surface area contributed by atoms with Crippen LogP contribution in [0.1, 0.15) is 18.4 Å². The fourth-order valence-electron chi connectivity index (χ4n) is 1.74. The lowest BCUT2D eigenvalue weighted by atomic mass is 10.2. The smallest absolute Gasteiger partial charge is 0.260 e. The van der Waals surface area contributed by atoms with Crippen LogP contribution in [0, 0.1) is 0 Å². The molecule has 1 aromatic carbocycles. The Kier molecular flexibility index (Phi) is 4.86. The van der Waals surface area contributed by atoms with Crippen molar-refractivity contribution < 1.29 is 14.6 Å². The van der Waals surface area contributed by atoms with Crippen molar-refractivity contribution >= 4 is 37.8 Å². The molecule has 6 heteroatoms. The zero-order valence-electron chi connectivity index (χ0n) is 10.5. The van der Waals surface area contributed by atoms with E-state index in [1.807, 2.05) is 7.05 Å². The summed E-state index contributed by atoms with van der Waals surface area (Å²) in [4.78, 5) is 13.6. The molecule has 1 amide bonds. The fraction of sp³-hybridized carbons (Fsp3) is 0.462. The molecule has 1 fully saturated rings. The second kappa shape index (κ2) is 6.24. The van der Waals surface area contributed by atoms with Crippen molar-refractivity contribution in [3.05, 3.63) is 26.6 Å². The summed E-state index contributed by atoms with van der Waals surface area (Å²) in [5.74, 6) is 0.558. The van der Waals surface area contributed by atoms with Crippen LogP contribution in [0.3, 0.4) is 0 Å². The van der Waals surface area contributed by atoms with Crippen LogP contribution in [0.15, 0.2) is 21.1 Å². The Hall–Kier alpha value is -0.590. The highest BCUT2D eigenvalue weighted by Crippen LogP contribution is 2.35. The van der Waals surface area contributed by atoms with E-state index in [0.29, 0.717) is 20.7 Å². The van der Waals surface area contributed by atoms with Crippen LogP contribution >= 0.6 is 31.9 Å². The van der Waals surface area contributed by atoms with Gasteiger partial charge in [-0.2, -0.15) is 0 Å². The Balaban J connectivity index is 2.00. The van der Waals surface area contributed by atoms with Gasteiger partial charge in [0.25, 0.3) is 5.91 Å². The van der Waals surface area contributed by atoms with Gasteiger partial charge in [0.1, 0.15) is 5.75 Å². The van der Waals surface area contributed by atoms with E-state index in [-0.39, 0.29) is 19.1 Å². The third-order valence-electron chi connectivity index (χ3n) is 3.07. The molecular formula is C13H15Br2NO3. The summed E-state index contributed by atoms with van der Waals surface area (Å²) < 4.78 is 6.99. The molecule has 4 nitrogen and oxygen atoms in total. The summed E-state index contributed by atoms with van der Waals surface area (Å²) in [6.07, 6.45) is 2.17. The Morgan fingerprint density at radius 1 is 1.42 bits per heavy atom. The lowest BCUT2D eigenvalue weighted by Gasteiger charge is -2.17. The average molecular weight is 393 g/mol. The number of halogens is 2. The number of carbonyl (C=O) groups excluding carboxylic acids is 1. The molecule has 0 heterocycles. The second-order valence-corrected chi connectivity index (χ2v) is 6.28. The van der Waals surface area contributed by atoms with Gasteiger partial charge in [-0.1, -0.05) is 0 Å². The highest BCUT2D eigenvalue weighted by molar-refractivity contribution is 9.11. The standard InChI is InChI=1S/C13H15Br2NO3/c1-16(9-2-3-9)12(18)7-19-13-10(14)4-8(6-17)5-11(13)15/h4-5,9,17H,2-3,6-7H2,1H3. The first-order valence-electron chi connectivity index (χ1n) is 6.00. The van der Waals surface area contributed by atoms with E-state index >= 15 is 0 Å². The first-order chi connectivity index (χ1) is 9.02. The van der Waals surface area contributed by atoms with Crippen LogP contribution < -0.4 is 4.74 Å². The van der Waals surface area contributed by atoms with E-state index in [0.717, 1.165) is 18.4 Å². The predicted octanol–water partition coefficient (Wildman–Crippen LogP) is 2.70. The number of hydrogen-bond acceptors (Lipinski definition) is 3. The van der Waals surface area contributed by atoms with Crippen molar-refractivity contribution in [2.24, 2.45) is 0 Å². The van der Waals surface area contributed by atoms with Crippen LogP contribution in [-0.4, -0.2) is 35.6 Å². The van der Waals surface area contributed by atoms with Gasteiger partial charge in [-0.3, -0.25) is 4.79 Å². The molecule has 0 unspecified atom stereocenters. The molecule has 0 spiro atoms. The van der Waals surface area contributed by atoms with Crippen LogP contribution in [0.2, 0.25) is 0 Å². The van der Waals surface area contributed by atoms with E-state index in [4.69, 9.17) is 9.84 Å². The van der Waals surface area contributed by atoms with Gasteiger partial charge in [0.2, 0.25) is 0 Å². The largest absolute Gasteiger partial charge is 0.481 e. The van der Waals surface area contributed by atoms with Crippen molar-refractivity contribution in [1.29, 1.82) is 0 Å². The molecule has 0 aromatic heterocycles. The number of rotatable bonds is 5. The van der Waals surface area contributed by atoms with Crippen LogP contribution in [0.25, 0.3) is 0 Å². The maximum atomic E-state index is 11.9. The lowest BCUT2D eigenvalue weighted by molar-refractivity contribution is -0.132. The average Bonchev–Trinajstić information content (AvgIpc) is 3.20. The van der Waals surface area contributed by atoms with E-state index < -0.39 is 0 Å². The Labute approximate surface area is 129 Å². The van der Waals surface area contributed by atoms with Crippen molar-refractivity contribution in [1.82, 2.24) is 4.90 Å². The van der Waals surface area contributed by atoms with Gasteiger partial charge in [-0.05, 0) is 62.4 Å². The monoisotopic (exact) mass is 391 g/mol. The number of likely N-dealkylation sites (N-methyl/N-ethyl adjacent to an activating group) is 1. The zero-order valence-corrected chi connectivity index (χ0v) is 13.7. The number of carbonyl (C=O) groups is 1. The lowest BCUT2D eigenvalue weighted by Crippen LogP contribution is -2.33. The Morgan fingerprint density at radius 3 is 2.47 bits per heavy atom. The number of amides is 1. The van der Waals surface area contributed by atoms with E-state index in [1.165, 1.54) is 0 Å². The molecule has 0 bridgehead atoms. The van der Waals surface area contributed by atoms with Gasteiger partial charge in [0, 0.05) is 13.1 Å².